The SMILES string of the molecule is NC(Cc1ccc(B(O)O)c(F)c1)C(=O)O. The molecule has 0 aliphatic heterocycles. The fraction of sp³-hybridized carbons (Fsp3) is 0.222. The summed E-state index contributed by atoms with van der Waals surface area (Å²) in [6, 6.07) is 2.52. The Kier molecular flexibility index (Phi) is 4.00. The Morgan fingerprint density at radius 3 is 2.56 bits per heavy atom. The number of carbonyl (C=O) groups is 1. The van der Waals surface area contributed by atoms with E-state index in [0.717, 1.165) is 6.07 Å². The summed E-state index contributed by atoms with van der Waals surface area (Å²) in [4.78, 5) is 10.5. The van der Waals surface area contributed by atoms with Crippen LogP contribution in [0.5, 0.6) is 0 Å². The lowest BCUT2D eigenvalue weighted by Crippen LogP contribution is -2.34. The highest BCUT2D eigenvalue weighted by Crippen LogP contribution is 2.05. The molecule has 5 N–H and O–H groups in total. The fourth-order valence-electron chi connectivity index (χ4n) is 1.25. The van der Waals surface area contributed by atoms with Gasteiger partial charge in [0, 0.05) is 5.46 Å². The number of rotatable bonds is 4. The van der Waals surface area contributed by atoms with Gasteiger partial charge in [0.25, 0.3) is 0 Å². The van der Waals surface area contributed by atoms with Crippen molar-refractivity contribution >= 4 is 18.6 Å². The average molecular weight is 227 g/mol. The van der Waals surface area contributed by atoms with Crippen LogP contribution in [0.3, 0.4) is 0 Å². The molecule has 0 saturated heterocycles. The minimum Gasteiger partial charge on any atom is -0.480 e. The van der Waals surface area contributed by atoms with Gasteiger partial charge in [-0.05, 0) is 18.1 Å². The Labute approximate surface area is 91.5 Å². The minimum atomic E-state index is -1.89. The Hall–Kier alpha value is -1.44. The Bertz CT molecular complexity index is 399. The van der Waals surface area contributed by atoms with Crippen molar-refractivity contribution in [3.8, 4) is 0 Å². The second-order valence-corrected chi connectivity index (χ2v) is 3.38. The van der Waals surface area contributed by atoms with Crippen LogP contribution < -0.4 is 11.2 Å². The molecule has 1 aromatic rings. The second kappa shape index (κ2) is 5.06. The molecule has 0 aliphatic rings. The van der Waals surface area contributed by atoms with Crippen molar-refractivity contribution in [3.63, 3.8) is 0 Å². The highest BCUT2D eigenvalue weighted by atomic mass is 19.1. The molecule has 5 nitrogen and oxygen atoms in total. The van der Waals surface area contributed by atoms with Gasteiger partial charge < -0.3 is 20.9 Å². The van der Waals surface area contributed by atoms with E-state index in [1.807, 2.05) is 0 Å². The molecule has 86 valence electrons. The third-order valence-corrected chi connectivity index (χ3v) is 2.12. The molecule has 0 radical (unpaired) electrons. The van der Waals surface area contributed by atoms with E-state index in [1.165, 1.54) is 12.1 Å². The van der Waals surface area contributed by atoms with Crippen molar-refractivity contribution < 1.29 is 24.3 Å². The maximum absolute atomic E-state index is 13.2. The molecule has 0 aromatic heterocycles. The van der Waals surface area contributed by atoms with Gasteiger partial charge in [-0.2, -0.15) is 0 Å². The lowest BCUT2D eigenvalue weighted by atomic mass is 9.79. The average Bonchev–Trinajstić information content (AvgIpc) is 2.16. The van der Waals surface area contributed by atoms with Gasteiger partial charge in [0.05, 0.1) is 0 Å². The Morgan fingerprint density at radius 1 is 1.50 bits per heavy atom. The zero-order chi connectivity index (χ0) is 12.3. The summed E-state index contributed by atoms with van der Waals surface area (Å²) in [6.07, 6.45) is -0.0198. The standard InChI is InChI=1S/C9H11BFNO4/c11-7-3-5(4-8(12)9(13)14)1-2-6(7)10(15)16/h1-3,8,15-16H,4,12H2,(H,13,14). The summed E-state index contributed by atoms with van der Waals surface area (Å²) in [6.45, 7) is 0. The zero-order valence-electron chi connectivity index (χ0n) is 8.30. The third-order valence-electron chi connectivity index (χ3n) is 2.12. The van der Waals surface area contributed by atoms with Gasteiger partial charge in [-0.15, -0.1) is 0 Å². The number of hydrogen-bond donors (Lipinski definition) is 4. The summed E-state index contributed by atoms with van der Waals surface area (Å²) < 4.78 is 13.2. The Morgan fingerprint density at radius 2 is 2.12 bits per heavy atom. The van der Waals surface area contributed by atoms with Gasteiger partial charge in [-0.25, -0.2) is 4.39 Å². The van der Waals surface area contributed by atoms with E-state index in [9.17, 15) is 9.18 Å². The van der Waals surface area contributed by atoms with Crippen molar-refractivity contribution in [3.05, 3.63) is 29.6 Å². The number of aliphatic carboxylic acids is 1. The molecule has 0 saturated carbocycles. The van der Waals surface area contributed by atoms with Gasteiger partial charge >= 0.3 is 13.1 Å². The van der Waals surface area contributed by atoms with E-state index in [-0.39, 0.29) is 11.9 Å². The van der Waals surface area contributed by atoms with Crippen molar-refractivity contribution in [2.24, 2.45) is 5.73 Å². The Balaban J connectivity index is 2.85. The minimum absolute atomic E-state index is 0.0198. The van der Waals surface area contributed by atoms with Crippen LogP contribution in [0.1, 0.15) is 5.56 Å². The highest BCUT2D eigenvalue weighted by molar-refractivity contribution is 6.58. The second-order valence-electron chi connectivity index (χ2n) is 3.38. The van der Waals surface area contributed by atoms with Crippen LogP contribution in [0.25, 0.3) is 0 Å². The topological polar surface area (TPSA) is 104 Å². The summed E-state index contributed by atoms with van der Waals surface area (Å²) in [7, 11) is -1.89. The molecule has 0 amide bonds. The van der Waals surface area contributed by atoms with Crippen LogP contribution in [0.2, 0.25) is 0 Å². The maximum Gasteiger partial charge on any atom is 0.491 e. The zero-order valence-corrected chi connectivity index (χ0v) is 8.30. The lowest BCUT2D eigenvalue weighted by Gasteiger charge is -2.08. The lowest BCUT2D eigenvalue weighted by molar-refractivity contribution is -0.138. The quantitative estimate of drug-likeness (QED) is 0.466. The van der Waals surface area contributed by atoms with Crippen LogP contribution >= 0.6 is 0 Å². The smallest absolute Gasteiger partial charge is 0.480 e. The number of nitrogens with two attached hydrogens (primary N) is 1. The molecule has 16 heavy (non-hydrogen) atoms. The molecule has 0 aliphatic carbocycles. The van der Waals surface area contributed by atoms with Gasteiger partial charge in [0.1, 0.15) is 11.9 Å². The first-order chi connectivity index (χ1) is 7.41. The van der Waals surface area contributed by atoms with Crippen molar-refractivity contribution in [2.75, 3.05) is 0 Å². The predicted molar refractivity (Wildman–Crippen MR) is 55.5 cm³/mol. The van der Waals surface area contributed by atoms with E-state index in [0.29, 0.717) is 5.56 Å². The number of benzene rings is 1. The molecular weight excluding hydrogens is 216 g/mol. The van der Waals surface area contributed by atoms with E-state index in [2.05, 4.69) is 0 Å². The molecule has 0 bridgehead atoms. The van der Waals surface area contributed by atoms with Crippen LogP contribution in [-0.4, -0.2) is 34.3 Å². The number of halogens is 1. The molecule has 0 fully saturated rings. The van der Waals surface area contributed by atoms with Crippen LogP contribution in [-0.2, 0) is 11.2 Å². The van der Waals surface area contributed by atoms with Gasteiger partial charge in [0.15, 0.2) is 0 Å². The van der Waals surface area contributed by atoms with Crippen molar-refractivity contribution in [1.29, 1.82) is 0 Å². The molecular formula is C9H11BFNO4. The number of carboxylic acid groups (broad SMARTS) is 1. The largest absolute Gasteiger partial charge is 0.491 e. The predicted octanol–water partition coefficient (Wildman–Crippen LogP) is -1.54. The summed E-state index contributed by atoms with van der Waals surface area (Å²) in [5, 5.41) is 26.1. The molecule has 0 heterocycles. The molecule has 0 spiro atoms. The normalized spacial score (nSPS) is 12.2. The summed E-state index contributed by atoms with van der Waals surface area (Å²) in [5.74, 6) is -1.98. The number of carboxylic acids is 1. The fourth-order valence-corrected chi connectivity index (χ4v) is 1.25. The first kappa shape index (κ1) is 12.6. The van der Waals surface area contributed by atoms with E-state index < -0.39 is 24.9 Å². The van der Waals surface area contributed by atoms with Crippen molar-refractivity contribution in [2.45, 2.75) is 12.5 Å². The van der Waals surface area contributed by atoms with E-state index in [1.54, 1.807) is 0 Å². The van der Waals surface area contributed by atoms with Gasteiger partial charge in [-0.1, -0.05) is 12.1 Å². The van der Waals surface area contributed by atoms with Crippen molar-refractivity contribution in [1.82, 2.24) is 0 Å². The molecule has 1 unspecified atom stereocenters. The number of hydrogen-bond acceptors (Lipinski definition) is 4. The highest BCUT2D eigenvalue weighted by Gasteiger charge is 2.18. The van der Waals surface area contributed by atoms with Crippen LogP contribution in [0.4, 0.5) is 4.39 Å². The molecule has 7 heteroatoms. The summed E-state index contributed by atoms with van der Waals surface area (Å²) >= 11 is 0. The van der Waals surface area contributed by atoms with E-state index >= 15 is 0 Å². The first-order valence-corrected chi connectivity index (χ1v) is 4.54. The molecule has 1 aromatic carbocycles. The van der Waals surface area contributed by atoms with Gasteiger partial charge in [-0.3, -0.25) is 4.79 Å². The third kappa shape index (κ3) is 3.03. The molecule has 1 rings (SSSR count). The van der Waals surface area contributed by atoms with E-state index in [4.69, 9.17) is 20.9 Å². The molecule has 1 atom stereocenters. The van der Waals surface area contributed by atoms with Crippen LogP contribution in [0.15, 0.2) is 18.2 Å². The maximum atomic E-state index is 13.2. The monoisotopic (exact) mass is 227 g/mol. The van der Waals surface area contributed by atoms with Gasteiger partial charge in [0.2, 0.25) is 0 Å². The summed E-state index contributed by atoms with van der Waals surface area (Å²) in [5.41, 5.74) is 5.40. The first-order valence-electron chi connectivity index (χ1n) is 4.54. The van der Waals surface area contributed by atoms with Crippen LogP contribution in [0, 0.1) is 5.82 Å².